The normalized spacial score (nSPS) is 21.4. The molecule has 1 aromatic rings. The Morgan fingerprint density at radius 3 is 3.00 bits per heavy atom. The summed E-state index contributed by atoms with van der Waals surface area (Å²) < 4.78 is 26.6. The molecule has 0 bridgehead atoms. The van der Waals surface area contributed by atoms with E-state index in [1.165, 1.54) is 0 Å². The number of aryl methyl sites for hydroxylation is 1. The summed E-state index contributed by atoms with van der Waals surface area (Å²) >= 11 is 0. The molecule has 0 aliphatic carbocycles. The molecule has 2 heterocycles. The van der Waals surface area contributed by atoms with Crippen LogP contribution in [0.25, 0.3) is 0 Å². The molecule has 0 saturated carbocycles. The van der Waals surface area contributed by atoms with Crippen LogP contribution >= 0.6 is 0 Å². The van der Waals surface area contributed by atoms with Crippen molar-refractivity contribution < 1.29 is 28.5 Å². The van der Waals surface area contributed by atoms with Gasteiger partial charge in [0.15, 0.2) is 17.6 Å². The van der Waals surface area contributed by atoms with Crippen molar-refractivity contribution >= 4 is 5.97 Å². The fourth-order valence-electron chi connectivity index (χ4n) is 2.42. The smallest absolute Gasteiger partial charge is 0.337 e. The zero-order valence-corrected chi connectivity index (χ0v) is 12.6. The summed E-state index contributed by atoms with van der Waals surface area (Å²) in [5.74, 6) is 1.20. The Morgan fingerprint density at radius 2 is 2.18 bits per heavy atom. The second-order valence-electron chi connectivity index (χ2n) is 5.41. The van der Waals surface area contributed by atoms with Crippen LogP contribution in [0, 0.1) is 0 Å². The number of ether oxygens (including phenoxy) is 5. The third-order valence-electron chi connectivity index (χ3n) is 3.67. The van der Waals surface area contributed by atoms with E-state index >= 15 is 0 Å². The van der Waals surface area contributed by atoms with Crippen molar-refractivity contribution in [1.82, 2.24) is 0 Å². The molecule has 22 heavy (non-hydrogen) atoms. The lowest BCUT2D eigenvalue weighted by atomic mass is 10.1. The summed E-state index contributed by atoms with van der Waals surface area (Å²) in [5, 5.41) is 0. The lowest BCUT2D eigenvalue weighted by Crippen LogP contribution is -2.38. The first-order valence-electron chi connectivity index (χ1n) is 7.51. The van der Waals surface area contributed by atoms with Crippen molar-refractivity contribution in [3.8, 4) is 11.5 Å². The summed E-state index contributed by atoms with van der Waals surface area (Å²) in [7, 11) is 0. The average Bonchev–Trinajstić information content (AvgIpc) is 3.01. The van der Waals surface area contributed by atoms with Crippen LogP contribution in [-0.4, -0.2) is 44.8 Å². The lowest BCUT2D eigenvalue weighted by Gasteiger charge is -2.23. The van der Waals surface area contributed by atoms with E-state index in [0.717, 1.165) is 29.9 Å². The van der Waals surface area contributed by atoms with Gasteiger partial charge < -0.3 is 23.7 Å². The molecule has 0 radical (unpaired) electrons. The molecule has 0 spiro atoms. The minimum atomic E-state index is -0.596. The third kappa shape index (κ3) is 3.69. The number of rotatable bonds is 5. The molecule has 0 N–H and O–H groups in total. The van der Waals surface area contributed by atoms with Crippen molar-refractivity contribution in [3.63, 3.8) is 0 Å². The van der Waals surface area contributed by atoms with Gasteiger partial charge in [0.05, 0.1) is 25.9 Å². The zero-order chi connectivity index (χ0) is 15.4. The standard InChI is InChI=1S/C16H20O6/c1-11(22-16(17)15-9-18-6-7-19-15)2-3-12-4-5-13-14(8-12)21-10-20-13/h4-5,8,11,15H,2-3,6-7,9-10H2,1H3/t11-,15-/m1/s1. The van der Waals surface area contributed by atoms with Gasteiger partial charge in [-0.05, 0) is 37.5 Å². The predicted molar refractivity (Wildman–Crippen MR) is 77.0 cm³/mol. The molecule has 2 aliphatic heterocycles. The molecule has 2 aliphatic rings. The quantitative estimate of drug-likeness (QED) is 0.772. The lowest BCUT2D eigenvalue weighted by molar-refractivity contribution is -0.175. The summed E-state index contributed by atoms with van der Waals surface area (Å²) in [4.78, 5) is 11.9. The molecular formula is C16H20O6. The minimum absolute atomic E-state index is 0.177. The molecule has 6 nitrogen and oxygen atoms in total. The summed E-state index contributed by atoms with van der Waals surface area (Å²) in [6.45, 7) is 3.40. The van der Waals surface area contributed by atoms with Crippen molar-refractivity contribution in [3.05, 3.63) is 23.8 Å². The third-order valence-corrected chi connectivity index (χ3v) is 3.67. The van der Waals surface area contributed by atoms with Gasteiger partial charge >= 0.3 is 5.97 Å². The van der Waals surface area contributed by atoms with Crippen molar-refractivity contribution in [1.29, 1.82) is 0 Å². The second kappa shape index (κ2) is 6.98. The molecule has 0 unspecified atom stereocenters. The van der Waals surface area contributed by atoms with Crippen LogP contribution in [0.5, 0.6) is 11.5 Å². The molecule has 1 saturated heterocycles. The molecule has 2 atom stereocenters. The number of esters is 1. The molecule has 0 aromatic heterocycles. The molecule has 6 heteroatoms. The Labute approximate surface area is 129 Å². The van der Waals surface area contributed by atoms with Gasteiger partial charge in [-0.1, -0.05) is 6.07 Å². The van der Waals surface area contributed by atoms with Gasteiger partial charge in [0.1, 0.15) is 0 Å². The van der Waals surface area contributed by atoms with E-state index in [-0.39, 0.29) is 25.5 Å². The van der Waals surface area contributed by atoms with Gasteiger partial charge in [-0.3, -0.25) is 0 Å². The fraction of sp³-hybridized carbons (Fsp3) is 0.562. The van der Waals surface area contributed by atoms with Crippen molar-refractivity contribution in [2.24, 2.45) is 0 Å². The number of carbonyl (C=O) groups excluding carboxylic acids is 1. The van der Waals surface area contributed by atoms with Gasteiger partial charge in [0.2, 0.25) is 6.79 Å². The number of carbonyl (C=O) groups is 1. The van der Waals surface area contributed by atoms with E-state index in [9.17, 15) is 4.79 Å². The molecule has 1 aromatic carbocycles. The summed E-state index contributed by atoms with van der Waals surface area (Å²) in [6, 6.07) is 5.87. The maximum atomic E-state index is 11.9. The highest BCUT2D eigenvalue weighted by atomic mass is 16.7. The SMILES string of the molecule is C[C@H](CCc1ccc2c(c1)OCO2)OC(=O)[C@H]1COCCO1. The Morgan fingerprint density at radius 1 is 1.32 bits per heavy atom. The van der Waals surface area contributed by atoms with E-state index in [2.05, 4.69) is 0 Å². The molecule has 1 fully saturated rings. The monoisotopic (exact) mass is 308 g/mol. The summed E-state index contributed by atoms with van der Waals surface area (Å²) in [5.41, 5.74) is 1.13. The van der Waals surface area contributed by atoms with Gasteiger partial charge in [-0.2, -0.15) is 0 Å². The van der Waals surface area contributed by atoms with E-state index in [4.69, 9.17) is 23.7 Å². The zero-order valence-electron chi connectivity index (χ0n) is 12.6. The van der Waals surface area contributed by atoms with E-state index in [1.807, 2.05) is 25.1 Å². The number of fused-ring (bicyclic) bond motifs is 1. The van der Waals surface area contributed by atoms with Crippen LogP contribution in [0.2, 0.25) is 0 Å². The first-order valence-corrected chi connectivity index (χ1v) is 7.51. The topological polar surface area (TPSA) is 63.2 Å². The van der Waals surface area contributed by atoms with Crippen LogP contribution in [0.3, 0.4) is 0 Å². The van der Waals surface area contributed by atoms with Gasteiger partial charge in [-0.25, -0.2) is 4.79 Å². The van der Waals surface area contributed by atoms with Gasteiger partial charge in [-0.15, -0.1) is 0 Å². The molecule has 0 amide bonds. The molecule has 3 rings (SSSR count). The maximum absolute atomic E-state index is 11.9. The van der Waals surface area contributed by atoms with Crippen LogP contribution in [-0.2, 0) is 25.4 Å². The Bertz CT molecular complexity index is 523. The molecule has 120 valence electrons. The first kappa shape index (κ1) is 15.1. The van der Waals surface area contributed by atoms with E-state index in [0.29, 0.717) is 13.2 Å². The maximum Gasteiger partial charge on any atom is 0.337 e. The molecular weight excluding hydrogens is 288 g/mol. The Kier molecular flexibility index (Phi) is 4.80. The van der Waals surface area contributed by atoms with Gasteiger partial charge in [0.25, 0.3) is 0 Å². The second-order valence-corrected chi connectivity index (χ2v) is 5.41. The number of hydrogen-bond donors (Lipinski definition) is 0. The number of benzene rings is 1. The summed E-state index contributed by atoms with van der Waals surface area (Å²) in [6.07, 6.45) is 0.761. The Balaban J connectivity index is 1.45. The van der Waals surface area contributed by atoms with Crippen molar-refractivity contribution in [2.45, 2.75) is 32.0 Å². The van der Waals surface area contributed by atoms with E-state index in [1.54, 1.807) is 0 Å². The Hall–Kier alpha value is -1.79. The van der Waals surface area contributed by atoms with Gasteiger partial charge in [0, 0.05) is 0 Å². The van der Waals surface area contributed by atoms with Crippen LogP contribution in [0.1, 0.15) is 18.9 Å². The highest BCUT2D eigenvalue weighted by Crippen LogP contribution is 2.32. The number of hydrogen-bond acceptors (Lipinski definition) is 6. The minimum Gasteiger partial charge on any atom is -0.461 e. The highest BCUT2D eigenvalue weighted by Gasteiger charge is 2.25. The largest absolute Gasteiger partial charge is 0.461 e. The van der Waals surface area contributed by atoms with Crippen LogP contribution in [0.4, 0.5) is 0 Å². The average molecular weight is 308 g/mol. The first-order chi connectivity index (χ1) is 10.7. The van der Waals surface area contributed by atoms with Crippen LogP contribution in [0.15, 0.2) is 18.2 Å². The highest BCUT2D eigenvalue weighted by molar-refractivity contribution is 5.75. The predicted octanol–water partition coefficient (Wildman–Crippen LogP) is 1.69. The van der Waals surface area contributed by atoms with E-state index < -0.39 is 6.10 Å². The fourth-order valence-corrected chi connectivity index (χ4v) is 2.42. The van der Waals surface area contributed by atoms with Crippen molar-refractivity contribution in [2.75, 3.05) is 26.6 Å². The van der Waals surface area contributed by atoms with Crippen LogP contribution < -0.4 is 9.47 Å².